The second kappa shape index (κ2) is 11.1. The normalized spacial score (nSPS) is 11.5. The van der Waals surface area contributed by atoms with E-state index in [2.05, 4.69) is 28.5 Å². The van der Waals surface area contributed by atoms with Crippen molar-refractivity contribution in [2.45, 2.75) is 13.0 Å². The van der Waals surface area contributed by atoms with Crippen LogP contribution in [-0.2, 0) is 13.0 Å². The molecule has 0 saturated carbocycles. The summed E-state index contributed by atoms with van der Waals surface area (Å²) in [6.45, 7) is 1.62. The Bertz CT molecular complexity index is 1580. The van der Waals surface area contributed by atoms with Crippen molar-refractivity contribution in [2.75, 3.05) is 6.54 Å². The Balaban J connectivity index is 1.38. The van der Waals surface area contributed by atoms with Crippen LogP contribution >= 0.6 is 11.6 Å². The highest BCUT2D eigenvalue weighted by atomic mass is 35.5. The molecular weight excluding hydrogens is 480 g/mol. The number of fused-ring (bicyclic) bond motifs is 1. The van der Waals surface area contributed by atoms with Gasteiger partial charge in [-0.3, -0.25) is 0 Å². The molecule has 0 spiro atoms. The predicted octanol–water partition coefficient (Wildman–Crippen LogP) is 6.90. The van der Waals surface area contributed by atoms with E-state index in [-0.39, 0.29) is 5.88 Å². The van der Waals surface area contributed by atoms with Crippen molar-refractivity contribution in [3.8, 4) is 11.9 Å². The summed E-state index contributed by atoms with van der Waals surface area (Å²) in [6.07, 6.45) is 0.932. The first-order valence-electron chi connectivity index (χ1n) is 12.0. The predicted molar refractivity (Wildman–Crippen MR) is 150 cm³/mol. The summed E-state index contributed by atoms with van der Waals surface area (Å²) in [7, 11) is 0. The molecule has 3 N–H and O–H groups in total. The van der Waals surface area contributed by atoms with Gasteiger partial charge in [-0.15, -0.1) is 0 Å². The van der Waals surface area contributed by atoms with E-state index in [0.29, 0.717) is 16.8 Å². The van der Waals surface area contributed by atoms with E-state index in [9.17, 15) is 10.4 Å². The van der Waals surface area contributed by atoms with E-state index in [0.717, 1.165) is 52.3 Å². The van der Waals surface area contributed by atoms with Gasteiger partial charge in [-0.25, -0.2) is 4.99 Å². The number of nitrogens with one attached hydrogen (secondary N) is 2. The number of rotatable bonds is 8. The molecule has 37 heavy (non-hydrogen) atoms. The molecular formula is C31H25ClN4O. The summed E-state index contributed by atoms with van der Waals surface area (Å²) in [4.78, 5) is 7.96. The summed E-state index contributed by atoms with van der Waals surface area (Å²) in [5.41, 5.74) is 6.52. The van der Waals surface area contributed by atoms with Gasteiger partial charge >= 0.3 is 0 Å². The van der Waals surface area contributed by atoms with Crippen molar-refractivity contribution >= 4 is 33.9 Å². The fourth-order valence-electron chi connectivity index (χ4n) is 4.28. The maximum Gasteiger partial charge on any atom is 0.199 e. The molecule has 1 aromatic heterocycles. The summed E-state index contributed by atoms with van der Waals surface area (Å²) < 4.78 is 0. The number of hydrogen-bond acceptors (Lipinski definition) is 4. The lowest BCUT2D eigenvalue weighted by molar-refractivity contribution is 0.457. The molecule has 0 saturated heterocycles. The minimum atomic E-state index is 0.0224. The maximum absolute atomic E-state index is 10.8. The largest absolute Gasteiger partial charge is 0.494 e. The molecule has 5 nitrogen and oxygen atoms in total. The fraction of sp³-hybridized carbons (Fsp3) is 0.0968. The Hall–Kier alpha value is -4.37. The summed E-state index contributed by atoms with van der Waals surface area (Å²) in [5, 5.41) is 25.2. The monoisotopic (exact) mass is 504 g/mol. The molecule has 0 radical (unpaired) electrons. The zero-order chi connectivity index (χ0) is 25.6. The SMILES string of the molecule is N#Cc1ccc2[nH]c(O)c(C(=Nc3ccc(CNCCc4ccc(Cl)cc4)cc3)c3ccccc3)c2c1. The van der Waals surface area contributed by atoms with Gasteiger partial charge in [0.25, 0.3) is 0 Å². The first-order valence-corrected chi connectivity index (χ1v) is 12.4. The van der Waals surface area contributed by atoms with Crippen molar-refractivity contribution in [3.63, 3.8) is 0 Å². The molecule has 5 rings (SSSR count). The zero-order valence-electron chi connectivity index (χ0n) is 20.1. The van der Waals surface area contributed by atoms with Crippen LogP contribution in [0.3, 0.4) is 0 Å². The number of aliphatic imine (C=N–C) groups is 1. The van der Waals surface area contributed by atoms with Gasteiger partial charge in [0.15, 0.2) is 5.88 Å². The Labute approximate surface area is 220 Å². The van der Waals surface area contributed by atoms with Crippen LogP contribution in [0.2, 0.25) is 5.02 Å². The number of H-pyrrole nitrogens is 1. The molecule has 0 amide bonds. The third-order valence-corrected chi connectivity index (χ3v) is 6.45. The highest BCUT2D eigenvalue weighted by Crippen LogP contribution is 2.32. The Kier molecular flexibility index (Phi) is 7.32. The molecule has 4 aromatic carbocycles. The lowest BCUT2D eigenvalue weighted by atomic mass is 10.00. The lowest BCUT2D eigenvalue weighted by Crippen LogP contribution is -2.16. The van der Waals surface area contributed by atoms with Crippen molar-refractivity contribution in [3.05, 3.63) is 130 Å². The average molecular weight is 505 g/mol. The van der Waals surface area contributed by atoms with Crippen molar-refractivity contribution in [1.29, 1.82) is 5.26 Å². The number of halogens is 1. The van der Waals surface area contributed by atoms with E-state index in [1.165, 1.54) is 5.56 Å². The van der Waals surface area contributed by atoms with Gasteiger partial charge in [0, 0.05) is 28.0 Å². The number of hydrogen-bond donors (Lipinski definition) is 3. The van der Waals surface area contributed by atoms with Gasteiger partial charge in [0.05, 0.1) is 28.6 Å². The molecule has 0 unspecified atom stereocenters. The van der Waals surface area contributed by atoms with E-state index in [1.54, 1.807) is 18.2 Å². The zero-order valence-corrected chi connectivity index (χ0v) is 20.8. The first-order chi connectivity index (χ1) is 18.1. The second-order valence-electron chi connectivity index (χ2n) is 8.77. The molecule has 0 aliphatic rings. The fourth-order valence-corrected chi connectivity index (χ4v) is 4.41. The summed E-state index contributed by atoms with van der Waals surface area (Å²) in [5.74, 6) is 0.0224. The van der Waals surface area contributed by atoms with Gasteiger partial charge in [-0.1, -0.05) is 66.2 Å². The smallest absolute Gasteiger partial charge is 0.199 e. The molecule has 1 heterocycles. The Morgan fingerprint density at radius 2 is 1.65 bits per heavy atom. The van der Waals surface area contributed by atoms with E-state index >= 15 is 0 Å². The van der Waals surface area contributed by atoms with Crippen molar-refractivity contribution in [1.82, 2.24) is 10.3 Å². The number of aromatic nitrogens is 1. The highest BCUT2D eigenvalue weighted by Gasteiger charge is 2.19. The van der Waals surface area contributed by atoms with Gasteiger partial charge in [0.2, 0.25) is 0 Å². The minimum Gasteiger partial charge on any atom is -0.494 e. The van der Waals surface area contributed by atoms with Crippen molar-refractivity contribution < 1.29 is 5.11 Å². The molecule has 0 aliphatic carbocycles. The number of aromatic amines is 1. The minimum absolute atomic E-state index is 0.0224. The van der Waals surface area contributed by atoms with Crippen LogP contribution < -0.4 is 5.32 Å². The number of benzene rings is 4. The van der Waals surface area contributed by atoms with Gasteiger partial charge in [-0.2, -0.15) is 5.26 Å². The van der Waals surface area contributed by atoms with E-state index in [4.69, 9.17) is 16.6 Å². The molecule has 5 aromatic rings. The molecule has 0 aliphatic heterocycles. The first kappa shape index (κ1) is 24.3. The standard InChI is InChI=1S/C31H25ClN4O/c32-25-11-6-21(7-12-25)16-17-34-20-22-8-13-26(14-9-22)35-30(24-4-2-1-3-5-24)29-27-18-23(19-33)10-15-28(27)36-31(29)37/h1-15,18,34,36-37H,16-17,20H2. The molecule has 0 bridgehead atoms. The topological polar surface area (TPSA) is 84.2 Å². The number of aromatic hydroxyl groups is 1. The summed E-state index contributed by atoms with van der Waals surface area (Å²) >= 11 is 5.96. The summed E-state index contributed by atoms with van der Waals surface area (Å²) in [6, 6.07) is 33.2. The van der Waals surface area contributed by atoms with Crippen LogP contribution in [0.15, 0.2) is 102 Å². The van der Waals surface area contributed by atoms with Crippen LogP contribution in [0, 0.1) is 11.3 Å². The Morgan fingerprint density at radius 1 is 0.919 bits per heavy atom. The lowest BCUT2D eigenvalue weighted by Gasteiger charge is -2.09. The Morgan fingerprint density at radius 3 is 2.38 bits per heavy atom. The highest BCUT2D eigenvalue weighted by molar-refractivity contribution is 6.30. The quantitative estimate of drug-likeness (QED) is 0.159. The second-order valence-corrected chi connectivity index (χ2v) is 9.20. The van der Waals surface area contributed by atoms with Gasteiger partial charge in [-0.05, 0) is 66.6 Å². The maximum atomic E-state index is 10.8. The molecule has 6 heteroatoms. The number of nitriles is 1. The average Bonchev–Trinajstić information content (AvgIpc) is 3.26. The van der Waals surface area contributed by atoms with E-state index < -0.39 is 0 Å². The molecule has 182 valence electrons. The molecule has 0 fully saturated rings. The molecule has 0 atom stereocenters. The van der Waals surface area contributed by atoms with Gasteiger partial charge in [0.1, 0.15) is 0 Å². The van der Waals surface area contributed by atoms with Crippen LogP contribution in [0.4, 0.5) is 5.69 Å². The van der Waals surface area contributed by atoms with Gasteiger partial charge < -0.3 is 15.4 Å². The van der Waals surface area contributed by atoms with Crippen LogP contribution in [0.25, 0.3) is 10.9 Å². The third-order valence-electron chi connectivity index (χ3n) is 6.20. The van der Waals surface area contributed by atoms with Crippen LogP contribution in [-0.4, -0.2) is 22.3 Å². The van der Waals surface area contributed by atoms with Crippen LogP contribution in [0.1, 0.15) is 27.8 Å². The number of nitrogens with zero attached hydrogens (tertiary/aromatic N) is 2. The van der Waals surface area contributed by atoms with E-state index in [1.807, 2.05) is 66.7 Å². The van der Waals surface area contributed by atoms with Crippen LogP contribution in [0.5, 0.6) is 5.88 Å². The van der Waals surface area contributed by atoms with Crippen molar-refractivity contribution in [2.24, 2.45) is 4.99 Å². The third kappa shape index (κ3) is 5.73.